The minimum Gasteiger partial charge on any atom is -0.342 e. The fourth-order valence-corrected chi connectivity index (χ4v) is 2.21. The van der Waals surface area contributed by atoms with E-state index in [4.69, 9.17) is 0 Å². The Morgan fingerprint density at radius 2 is 1.93 bits per heavy atom. The van der Waals surface area contributed by atoms with E-state index in [-0.39, 0.29) is 0 Å². The maximum atomic E-state index is 2.48. The normalized spacial score (nSPS) is 13.3. The molecule has 1 nitrogen and oxygen atoms in total. The van der Waals surface area contributed by atoms with Crippen LogP contribution in [0.3, 0.4) is 0 Å². The molecule has 0 aliphatic rings. The molecule has 0 saturated carbocycles. The molecule has 1 heterocycles. The minimum atomic E-state index is 0.597. The third-order valence-electron chi connectivity index (χ3n) is 3.22. The Balaban J connectivity index is 2.66. The third-order valence-corrected chi connectivity index (χ3v) is 3.22. The Morgan fingerprint density at radius 3 is 2.60 bits per heavy atom. The van der Waals surface area contributed by atoms with E-state index in [9.17, 15) is 0 Å². The first-order valence-corrected chi connectivity index (χ1v) is 5.86. The standard InChI is InChI=1S/C14H19N/c1-4-11(3)15-13(5-2)10-12-8-6-7-9-14(12)15/h6-11H,4-5H2,1-3H3. The average molecular weight is 201 g/mol. The summed E-state index contributed by atoms with van der Waals surface area (Å²) in [5.74, 6) is 0. The number of benzene rings is 1. The summed E-state index contributed by atoms with van der Waals surface area (Å²) in [5, 5.41) is 1.37. The molecule has 1 atom stereocenters. The number of hydrogen-bond donors (Lipinski definition) is 0. The van der Waals surface area contributed by atoms with Crippen molar-refractivity contribution >= 4 is 10.9 Å². The Labute approximate surface area is 91.7 Å². The van der Waals surface area contributed by atoms with Crippen LogP contribution in [-0.2, 0) is 6.42 Å². The summed E-state index contributed by atoms with van der Waals surface area (Å²) in [5.41, 5.74) is 2.83. The average Bonchev–Trinajstić information content (AvgIpc) is 2.66. The van der Waals surface area contributed by atoms with Crippen LogP contribution in [0.4, 0.5) is 0 Å². The smallest absolute Gasteiger partial charge is 0.0485 e. The van der Waals surface area contributed by atoms with Crippen LogP contribution in [0.15, 0.2) is 30.3 Å². The van der Waals surface area contributed by atoms with Gasteiger partial charge in [0.05, 0.1) is 0 Å². The van der Waals surface area contributed by atoms with Crippen molar-refractivity contribution in [2.45, 2.75) is 39.7 Å². The number of fused-ring (bicyclic) bond motifs is 1. The van der Waals surface area contributed by atoms with Gasteiger partial charge in [-0.2, -0.15) is 0 Å². The second-order valence-corrected chi connectivity index (χ2v) is 4.18. The van der Waals surface area contributed by atoms with E-state index in [1.807, 2.05) is 0 Å². The molecule has 2 aromatic rings. The Morgan fingerprint density at radius 1 is 1.20 bits per heavy atom. The molecule has 1 unspecified atom stereocenters. The Bertz CT molecular complexity index is 453. The summed E-state index contributed by atoms with van der Waals surface area (Å²) in [4.78, 5) is 0. The van der Waals surface area contributed by atoms with Crippen LogP contribution in [0.5, 0.6) is 0 Å². The lowest BCUT2D eigenvalue weighted by Crippen LogP contribution is -2.06. The van der Waals surface area contributed by atoms with Gasteiger partial charge in [-0.3, -0.25) is 0 Å². The zero-order chi connectivity index (χ0) is 10.8. The molecule has 0 N–H and O–H groups in total. The first kappa shape index (κ1) is 10.3. The van der Waals surface area contributed by atoms with Gasteiger partial charge >= 0.3 is 0 Å². The number of para-hydroxylation sites is 1. The van der Waals surface area contributed by atoms with Crippen LogP contribution in [-0.4, -0.2) is 4.57 Å². The third kappa shape index (κ3) is 1.67. The highest BCUT2D eigenvalue weighted by Gasteiger charge is 2.10. The van der Waals surface area contributed by atoms with E-state index in [0.717, 1.165) is 6.42 Å². The van der Waals surface area contributed by atoms with Crippen molar-refractivity contribution in [2.75, 3.05) is 0 Å². The topological polar surface area (TPSA) is 4.93 Å². The van der Waals surface area contributed by atoms with E-state index >= 15 is 0 Å². The van der Waals surface area contributed by atoms with Gasteiger partial charge in [-0.1, -0.05) is 32.0 Å². The molecule has 0 bridgehead atoms. The van der Waals surface area contributed by atoms with Crippen molar-refractivity contribution in [3.05, 3.63) is 36.0 Å². The molecule has 15 heavy (non-hydrogen) atoms. The van der Waals surface area contributed by atoms with E-state index in [2.05, 4.69) is 55.7 Å². The van der Waals surface area contributed by atoms with E-state index in [1.165, 1.54) is 23.0 Å². The molecule has 0 aliphatic heterocycles. The van der Waals surface area contributed by atoms with Gasteiger partial charge in [0.2, 0.25) is 0 Å². The molecule has 0 aliphatic carbocycles. The number of aryl methyl sites for hydroxylation is 1. The number of hydrogen-bond acceptors (Lipinski definition) is 0. The van der Waals surface area contributed by atoms with Gasteiger partial charge in [0.25, 0.3) is 0 Å². The molecule has 0 amide bonds. The zero-order valence-electron chi connectivity index (χ0n) is 9.83. The SMILES string of the molecule is CCc1cc2ccccc2n1C(C)CC. The minimum absolute atomic E-state index is 0.597. The lowest BCUT2D eigenvalue weighted by atomic mass is 10.2. The molecular weight excluding hydrogens is 182 g/mol. The van der Waals surface area contributed by atoms with Crippen molar-refractivity contribution in [3.8, 4) is 0 Å². The van der Waals surface area contributed by atoms with Crippen LogP contribution in [0.2, 0.25) is 0 Å². The number of aromatic nitrogens is 1. The van der Waals surface area contributed by atoms with Gasteiger partial charge in [0, 0.05) is 17.3 Å². The van der Waals surface area contributed by atoms with Gasteiger partial charge < -0.3 is 4.57 Å². The monoisotopic (exact) mass is 201 g/mol. The van der Waals surface area contributed by atoms with Gasteiger partial charge in [0.1, 0.15) is 0 Å². The largest absolute Gasteiger partial charge is 0.342 e. The molecule has 2 rings (SSSR count). The predicted molar refractivity (Wildman–Crippen MR) is 66.3 cm³/mol. The molecule has 0 fully saturated rings. The molecular formula is C14H19N. The maximum absolute atomic E-state index is 2.48. The van der Waals surface area contributed by atoms with Crippen molar-refractivity contribution in [1.29, 1.82) is 0 Å². The number of nitrogens with zero attached hydrogens (tertiary/aromatic N) is 1. The van der Waals surface area contributed by atoms with E-state index < -0.39 is 0 Å². The van der Waals surface area contributed by atoms with Gasteiger partial charge in [-0.05, 0) is 37.3 Å². The Hall–Kier alpha value is -1.24. The van der Waals surface area contributed by atoms with E-state index in [1.54, 1.807) is 0 Å². The highest BCUT2D eigenvalue weighted by molar-refractivity contribution is 5.81. The highest BCUT2D eigenvalue weighted by Crippen LogP contribution is 2.25. The van der Waals surface area contributed by atoms with Crippen molar-refractivity contribution in [1.82, 2.24) is 4.57 Å². The molecule has 80 valence electrons. The van der Waals surface area contributed by atoms with Crippen LogP contribution < -0.4 is 0 Å². The summed E-state index contributed by atoms with van der Waals surface area (Å²) >= 11 is 0. The van der Waals surface area contributed by atoms with Gasteiger partial charge in [-0.15, -0.1) is 0 Å². The molecule has 1 heteroatoms. The summed E-state index contributed by atoms with van der Waals surface area (Å²) in [6.07, 6.45) is 2.30. The quantitative estimate of drug-likeness (QED) is 0.702. The zero-order valence-corrected chi connectivity index (χ0v) is 9.83. The first-order chi connectivity index (χ1) is 7.27. The summed E-state index contributed by atoms with van der Waals surface area (Å²) in [7, 11) is 0. The fourth-order valence-electron chi connectivity index (χ4n) is 2.21. The highest BCUT2D eigenvalue weighted by atomic mass is 15.0. The molecule has 1 aromatic carbocycles. The summed E-state index contributed by atoms with van der Waals surface area (Å²) < 4.78 is 2.48. The van der Waals surface area contributed by atoms with Crippen LogP contribution in [0, 0.1) is 0 Å². The Kier molecular flexibility index (Phi) is 2.81. The molecule has 0 spiro atoms. The maximum Gasteiger partial charge on any atom is 0.0485 e. The molecule has 0 saturated heterocycles. The van der Waals surface area contributed by atoms with Gasteiger partial charge in [-0.25, -0.2) is 0 Å². The predicted octanol–water partition coefficient (Wildman–Crippen LogP) is 4.17. The number of rotatable bonds is 3. The molecule has 0 radical (unpaired) electrons. The van der Waals surface area contributed by atoms with Crippen molar-refractivity contribution in [2.24, 2.45) is 0 Å². The second kappa shape index (κ2) is 4.09. The first-order valence-electron chi connectivity index (χ1n) is 5.86. The van der Waals surface area contributed by atoms with Crippen molar-refractivity contribution in [3.63, 3.8) is 0 Å². The van der Waals surface area contributed by atoms with Crippen LogP contribution in [0.1, 0.15) is 38.9 Å². The fraction of sp³-hybridized carbons (Fsp3) is 0.429. The van der Waals surface area contributed by atoms with Crippen LogP contribution >= 0.6 is 0 Å². The van der Waals surface area contributed by atoms with Gasteiger partial charge in [0.15, 0.2) is 0 Å². The lowest BCUT2D eigenvalue weighted by molar-refractivity contribution is 0.531. The van der Waals surface area contributed by atoms with Crippen LogP contribution in [0.25, 0.3) is 10.9 Å². The summed E-state index contributed by atoms with van der Waals surface area (Å²) in [6.45, 7) is 6.78. The second-order valence-electron chi connectivity index (χ2n) is 4.18. The molecule has 1 aromatic heterocycles. The van der Waals surface area contributed by atoms with Crippen molar-refractivity contribution < 1.29 is 0 Å². The summed E-state index contributed by atoms with van der Waals surface area (Å²) in [6, 6.07) is 11.6. The van der Waals surface area contributed by atoms with E-state index in [0.29, 0.717) is 6.04 Å². The lowest BCUT2D eigenvalue weighted by Gasteiger charge is -2.16.